The van der Waals surface area contributed by atoms with Gasteiger partial charge in [0.1, 0.15) is 5.69 Å². The number of hydrogen-bond donors (Lipinski definition) is 1. The van der Waals surface area contributed by atoms with Gasteiger partial charge in [-0.1, -0.05) is 0 Å². The molecule has 1 aliphatic carbocycles. The average molecular weight is 308 g/mol. The van der Waals surface area contributed by atoms with Gasteiger partial charge in [0.05, 0.1) is 28.9 Å². The van der Waals surface area contributed by atoms with E-state index in [-0.39, 0.29) is 23.3 Å². The lowest BCUT2D eigenvalue weighted by atomic mass is 9.83. The summed E-state index contributed by atoms with van der Waals surface area (Å²) in [5.74, 6) is -0.558. The monoisotopic (exact) mass is 308 g/mol. The molecule has 1 N–H and O–H groups in total. The summed E-state index contributed by atoms with van der Waals surface area (Å²) in [6.07, 6.45) is 0.834. The van der Waals surface area contributed by atoms with Crippen LogP contribution in [0.1, 0.15) is 12.8 Å². The molecule has 1 fully saturated rings. The highest BCUT2D eigenvalue weighted by atomic mass is 16.6. The van der Waals surface area contributed by atoms with Gasteiger partial charge in [-0.2, -0.15) is 5.10 Å². The molecule has 2 rings (SSSR count). The Kier molecular flexibility index (Phi) is 4.30. The topological polar surface area (TPSA) is 137 Å². The number of hydrazone groups is 1. The lowest BCUT2D eigenvalue weighted by molar-refractivity contribution is -0.393. The third-order valence-electron chi connectivity index (χ3n) is 3.22. The molecule has 10 heteroatoms. The molecule has 1 aromatic carbocycles. The molecule has 116 valence electrons. The zero-order valence-corrected chi connectivity index (χ0v) is 11.5. The van der Waals surface area contributed by atoms with E-state index in [9.17, 15) is 25.0 Å². The highest BCUT2D eigenvalue weighted by molar-refractivity contribution is 5.98. The summed E-state index contributed by atoms with van der Waals surface area (Å²) >= 11 is 0. The molecule has 1 aromatic rings. The molecular formula is C12H12N4O6. The summed E-state index contributed by atoms with van der Waals surface area (Å²) in [5.41, 5.74) is 2.41. The Morgan fingerprint density at radius 1 is 1.32 bits per heavy atom. The first-order valence-corrected chi connectivity index (χ1v) is 6.24. The summed E-state index contributed by atoms with van der Waals surface area (Å²) in [7, 11) is 1.30. The van der Waals surface area contributed by atoms with Crippen LogP contribution in [0, 0.1) is 26.1 Å². The number of benzene rings is 1. The van der Waals surface area contributed by atoms with Gasteiger partial charge in [0.15, 0.2) is 0 Å². The first-order chi connectivity index (χ1) is 10.4. The number of hydrogen-bond acceptors (Lipinski definition) is 8. The molecular weight excluding hydrogens is 296 g/mol. The van der Waals surface area contributed by atoms with Crippen molar-refractivity contribution in [3.63, 3.8) is 0 Å². The Bertz CT molecular complexity index is 664. The summed E-state index contributed by atoms with van der Waals surface area (Å²) < 4.78 is 4.58. The fourth-order valence-electron chi connectivity index (χ4n) is 1.95. The van der Waals surface area contributed by atoms with E-state index in [4.69, 9.17) is 0 Å². The van der Waals surface area contributed by atoms with E-state index in [2.05, 4.69) is 15.3 Å². The number of anilines is 1. The zero-order valence-electron chi connectivity index (χ0n) is 11.5. The molecule has 0 aliphatic heterocycles. The Balaban J connectivity index is 2.09. The standard InChI is InChI=1S/C12H12N4O6/c1-22-12(17)7-4-8(5-7)13-14-10-3-2-9(15(18)19)6-11(10)16(20)21/h2-3,6-7,14H,4-5H2,1H3. The van der Waals surface area contributed by atoms with Gasteiger partial charge in [-0.3, -0.25) is 30.4 Å². The maximum absolute atomic E-state index is 11.2. The van der Waals surface area contributed by atoms with Crippen molar-refractivity contribution in [2.75, 3.05) is 12.5 Å². The van der Waals surface area contributed by atoms with Crippen LogP contribution in [0.3, 0.4) is 0 Å². The number of carbonyl (C=O) groups is 1. The highest BCUT2D eigenvalue weighted by Crippen LogP contribution is 2.30. The van der Waals surface area contributed by atoms with Crippen molar-refractivity contribution in [3.8, 4) is 0 Å². The fourth-order valence-corrected chi connectivity index (χ4v) is 1.95. The van der Waals surface area contributed by atoms with E-state index in [0.29, 0.717) is 18.6 Å². The predicted octanol–water partition coefficient (Wildman–Crippen LogP) is 1.85. The maximum Gasteiger partial charge on any atom is 0.309 e. The smallest absolute Gasteiger partial charge is 0.309 e. The number of nitro benzene ring substituents is 2. The number of ether oxygens (including phenoxy) is 1. The molecule has 0 bridgehead atoms. The molecule has 22 heavy (non-hydrogen) atoms. The molecule has 0 spiro atoms. The van der Waals surface area contributed by atoms with E-state index in [1.807, 2.05) is 0 Å². The molecule has 0 radical (unpaired) electrons. The minimum absolute atomic E-state index is 0.0459. The van der Waals surface area contributed by atoms with Crippen molar-refractivity contribution in [2.24, 2.45) is 11.0 Å². The number of rotatable bonds is 5. The Morgan fingerprint density at radius 2 is 2.00 bits per heavy atom. The third kappa shape index (κ3) is 3.16. The zero-order chi connectivity index (χ0) is 16.3. The largest absolute Gasteiger partial charge is 0.469 e. The number of nitrogens with one attached hydrogen (secondary N) is 1. The number of non-ortho nitro benzene ring substituents is 1. The van der Waals surface area contributed by atoms with E-state index >= 15 is 0 Å². The summed E-state index contributed by atoms with van der Waals surface area (Å²) in [5, 5.41) is 25.5. The van der Waals surface area contributed by atoms with Crippen LogP contribution in [0.4, 0.5) is 17.1 Å². The van der Waals surface area contributed by atoms with Crippen molar-refractivity contribution in [3.05, 3.63) is 38.4 Å². The van der Waals surface area contributed by atoms with Crippen LogP contribution in [0.5, 0.6) is 0 Å². The number of carbonyl (C=O) groups excluding carboxylic acids is 1. The van der Waals surface area contributed by atoms with Crippen molar-refractivity contribution in [2.45, 2.75) is 12.8 Å². The summed E-state index contributed by atoms with van der Waals surface area (Å²) in [4.78, 5) is 31.3. The second-order valence-corrected chi connectivity index (χ2v) is 4.63. The molecule has 0 amide bonds. The van der Waals surface area contributed by atoms with Crippen molar-refractivity contribution < 1.29 is 19.4 Å². The van der Waals surface area contributed by atoms with Crippen LogP contribution in [0.2, 0.25) is 0 Å². The highest BCUT2D eigenvalue weighted by Gasteiger charge is 2.32. The van der Waals surface area contributed by atoms with Gasteiger partial charge < -0.3 is 4.74 Å². The lowest BCUT2D eigenvalue weighted by Gasteiger charge is -2.24. The van der Waals surface area contributed by atoms with Gasteiger partial charge in [-0.25, -0.2) is 0 Å². The van der Waals surface area contributed by atoms with E-state index < -0.39 is 15.5 Å². The van der Waals surface area contributed by atoms with Gasteiger partial charge in [-0.15, -0.1) is 0 Å². The van der Waals surface area contributed by atoms with Crippen molar-refractivity contribution in [1.82, 2.24) is 0 Å². The molecule has 0 saturated heterocycles. The normalized spacial score (nSPS) is 16.4. The molecule has 0 heterocycles. The van der Waals surface area contributed by atoms with E-state index in [0.717, 1.165) is 12.1 Å². The second kappa shape index (κ2) is 6.16. The van der Waals surface area contributed by atoms with Crippen molar-refractivity contribution >= 4 is 28.7 Å². The van der Waals surface area contributed by atoms with E-state index in [1.54, 1.807) is 0 Å². The van der Waals surface area contributed by atoms with Crippen LogP contribution < -0.4 is 5.43 Å². The average Bonchev–Trinajstić information content (AvgIpc) is 2.44. The molecule has 0 unspecified atom stereocenters. The van der Waals surface area contributed by atoms with Gasteiger partial charge in [-0.05, 0) is 6.07 Å². The SMILES string of the molecule is COC(=O)C1CC(=NNc2ccc([N+](=O)[O-])cc2[N+](=O)[O-])C1. The quantitative estimate of drug-likeness (QED) is 0.497. The Morgan fingerprint density at radius 3 is 2.55 bits per heavy atom. The first kappa shape index (κ1) is 15.4. The van der Waals surface area contributed by atoms with Gasteiger partial charge >= 0.3 is 11.7 Å². The predicted molar refractivity (Wildman–Crippen MR) is 75.5 cm³/mol. The molecule has 0 aromatic heterocycles. The minimum atomic E-state index is -0.729. The van der Waals surface area contributed by atoms with E-state index in [1.165, 1.54) is 13.2 Å². The Labute approximate surface area is 124 Å². The lowest BCUT2D eigenvalue weighted by Crippen LogP contribution is -2.32. The summed E-state index contributed by atoms with van der Waals surface area (Å²) in [6.45, 7) is 0. The number of nitro groups is 2. The van der Waals surface area contributed by atoms with Crippen LogP contribution in [0.25, 0.3) is 0 Å². The van der Waals surface area contributed by atoms with Crippen LogP contribution in [-0.4, -0.2) is 28.6 Å². The minimum Gasteiger partial charge on any atom is -0.469 e. The number of esters is 1. The van der Waals surface area contributed by atoms with Crippen LogP contribution >= 0.6 is 0 Å². The first-order valence-electron chi connectivity index (χ1n) is 6.24. The molecule has 1 saturated carbocycles. The molecule has 0 atom stereocenters. The number of methoxy groups -OCH3 is 1. The van der Waals surface area contributed by atoms with Crippen LogP contribution in [-0.2, 0) is 9.53 Å². The third-order valence-corrected chi connectivity index (χ3v) is 3.22. The summed E-state index contributed by atoms with van der Waals surface area (Å²) in [6, 6.07) is 3.23. The molecule has 1 aliphatic rings. The van der Waals surface area contributed by atoms with Crippen molar-refractivity contribution in [1.29, 1.82) is 0 Å². The van der Waals surface area contributed by atoms with Gasteiger partial charge in [0, 0.05) is 24.6 Å². The van der Waals surface area contributed by atoms with Gasteiger partial charge in [0.25, 0.3) is 5.69 Å². The fraction of sp³-hybridized carbons (Fsp3) is 0.333. The van der Waals surface area contributed by atoms with Gasteiger partial charge in [0.2, 0.25) is 0 Å². The Hall–Kier alpha value is -3.04. The second-order valence-electron chi connectivity index (χ2n) is 4.63. The molecule has 10 nitrogen and oxygen atoms in total. The maximum atomic E-state index is 11.2. The van der Waals surface area contributed by atoms with Crippen LogP contribution in [0.15, 0.2) is 23.3 Å². The number of nitrogens with zero attached hydrogens (tertiary/aromatic N) is 3.